The first-order chi connectivity index (χ1) is 19.3. The summed E-state index contributed by atoms with van der Waals surface area (Å²) < 4.78 is 98.4. The fourth-order valence-electron chi connectivity index (χ4n) is 4.71. The molecule has 1 heterocycles. The molecular formula is C27H22ClF5N4O3S. The highest BCUT2D eigenvalue weighted by Gasteiger charge is 2.37. The average Bonchev–Trinajstić information content (AvgIpc) is 2.91. The summed E-state index contributed by atoms with van der Waals surface area (Å²) in [5.74, 6) is -2.00. The SMILES string of the molecule is O=S(=O)(Nc1ccc(F)c(-c2ccc3nc(N[C@H]4CC[C@@H](O)CC4)ncc3c2)c1F)c1cc(Cl)ccc1C(F)(F)F. The van der Waals surface area contributed by atoms with E-state index in [1.165, 1.54) is 24.4 Å². The van der Waals surface area contributed by atoms with Crippen LogP contribution in [-0.2, 0) is 16.2 Å². The first-order valence-corrected chi connectivity index (χ1v) is 14.3. The number of aliphatic hydroxyl groups excluding tert-OH is 1. The molecule has 5 rings (SSSR count). The van der Waals surface area contributed by atoms with Crippen LogP contribution in [0.2, 0.25) is 5.02 Å². The number of alkyl halides is 3. The Hall–Kier alpha value is -3.55. The van der Waals surface area contributed by atoms with Gasteiger partial charge in [-0.05, 0) is 73.7 Å². The Kier molecular flexibility index (Phi) is 7.79. The van der Waals surface area contributed by atoms with Crippen molar-refractivity contribution in [2.75, 3.05) is 10.0 Å². The molecule has 0 amide bonds. The third-order valence-electron chi connectivity index (χ3n) is 6.77. The molecule has 0 unspecified atom stereocenters. The number of aromatic nitrogens is 2. The fourth-order valence-corrected chi connectivity index (χ4v) is 6.26. The van der Waals surface area contributed by atoms with Crippen LogP contribution in [0.3, 0.4) is 0 Å². The molecule has 1 aromatic heterocycles. The summed E-state index contributed by atoms with van der Waals surface area (Å²) in [5.41, 5.74) is -2.36. The van der Waals surface area contributed by atoms with Crippen LogP contribution >= 0.6 is 11.6 Å². The average molecular weight is 613 g/mol. The molecule has 1 aliphatic carbocycles. The van der Waals surface area contributed by atoms with Crippen LogP contribution in [0.1, 0.15) is 31.2 Å². The highest BCUT2D eigenvalue weighted by Crippen LogP contribution is 2.38. The number of halogens is 6. The maximum atomic E-state index is 15.6. The number of anilines is 2. The standard InChI is InChI=1S/C27H22ClF5N4O3S/c28-16-2-7-19(27(31,32)33)23(12-16)41(39,40)37-22-10-8-20(29)24(25(22)30)14-1-9-21-15(11-14)13-34-26(36-21)35-17-3-5-18(38)6-4-17/h1-2,7-13,17-18,37-38H,3-6H2,(H,34,35,36)/t17-,18+. The zero-order chi connectivity index (χ0) is 29.5. The van der Waals surface area contributed by atoms with Gasteiger partial charge in [-0.2, -0.15) is 13.2 Å². The van der Waals surface area contributed by atoms with Crippen LogP contribution in [0.25, 0.3) is 22.0 Å². The molecule has 1 aliphatic rings. The smallest absolute Gasteiger partial charge is 0.393 e. The molecule has 0 bridgehead atoms. The van der Waals surface area contributed by atoms with Crippen molar-refractivity contribution < 1.29 is 35.5 Å². The lowest BCUT2D eigenvalue weighted by Crippen LogP contribution is -2.28. The molecule has 0 atom stereocenters. The van der Waals surface area contributed by atoms with Gasteiger partial charge >= 0.3 is 6.18 Å². The van der Waals surface area contributed by atoms with E-state index >= 15 is 4.39 Å². The first-order valence-electron chi connectivity index (χ1n) is 12.4. The number of aliphatic hydroxyl groups is 1. The van der Waals surface area contributed by atoms with Crippen molar-refractivity contribution in [1.29, 1.82) is 0 Å². The Morgan fingerprint density at radius 2 is 1.71 bits per heavy atom. The molecule has 4 aromatic rings. The van der Waals surface area contributed by atoms with Gasteiger partial charge in [-0.3, -0.25) is 4.72 Å². The summed E-state index contributed by atoms with van der Waals surface area (Å²) >= 11 is 5.74. The van der Waals surface area contributed by atoms with Gasteiger partial charge in [-0.1, -0.05) is 17.7 Å². The normalized spacial score (nSPS) is 17.9. The predicted octanol–water partition coefficient (Wildman–Crippen LogP) is 6.76. The Bertz CT molecular complexity index is 1730. The first kappa shape index (κ1) is 29.0. The van der Waals surface area contributed by atoms with E-state index in [0.29, 0.717) is 41.8 Å². The van der Waals surface area contributed by atoms with Gasteiger partial charge < -0.3 is 10.4 Å². The summed E-state index contributed by atoms with van der Waals surface area (Å²) in [5, 5.41) is 13.0. The second-order valence-corrected chi connectivity index (χ2v) is 11.7. The van der Waals surface area contributed by atoms with Crippen LogP contribution < -0.4 is 10.0 Å². The molecule has 1 fully saturated rings. The molecule has 3 N–H and O–H groups in total. The van der Waals surface area contributed by atoms with E-state index in [0.717, 1.165) is 31.0 Å². The van der Waals surface area contributed by atoms with Crippen LogP contribution in [-0.4, -0.2) is 35.6 Å². The van der Waals surface area contributed by atoms with Gasteiger partial charge in [0.05, 0.1) is 28.4 Å². The molecule has 0 aliphatic heterocycles. The molecule has 14 heteroatoms. The van der Waals surface area contributed by atoms with E-state index < -0.39 is 49.5 Å². The number of fused-ring (bicyclic) bond motifs is 1. The van der Waals surface area contributed by atoms with Crippen molar-refractivity contribution in [3.05, 3.63) is 76.9 Å². The topological polar surface area (TPSA) is 104 Å². The minimum absolute atomic E-state index is 0.0258. The van der Waals surface area contributed by atoms with Gasteiger partial charge in [-0.15, -0.1) is 0 Å². The van der Waals surface area contributed by atoms with Crippen molar-refractivity contribution in [3.63, 3.8) is 0 Å². The lowest BCUT2D eigenvalue weighted by molar-refractivity contribution is -0.139. The molecular weight excluding hydrogens is 591 g/mol. The van der Waals surface area contributed by atoms with Crippen molar-refractivity contribution in [2.45, 2.75) is 48.9 Å². The van der Waals surface area contributed by atoms with Crippen LogP contribution in [0.5, 0.6) is 0 Å². The molecule has 7 nitrogen and oxygen atoms in total. The number of sulfonamides is 1. The second kappa shape index (κ2) is 11.0. The van der Waals surface area contributed by atoms with Crippen molar-refractivity contribution in [3.8, 4) is 11.1 Å². The highest BCUT2D eigenvalue weighted by molar-refractivity contribution is 7.92. The van der Waals surface area contributed by atoms with Gasteiger partial charge in [0, 0.05) is 22.6 Å². The van der Waals surface area contributed by atoms with E-state index in [2.05, 4.69) is 15.3 Å². The third-order valence-corrected chi connectivity index (χ3v) is 8.41. The highest BCUT2D eigenvalue weighted by atomic mass is 35.5. The summed E-state index contributed by atoms with van der Waals surface area (Å²) in [6, 6.07) is 7.96. The van der Waals surface area contributed by atoms with E-state index in [1.807, 2.05) is 0 Å². The predicted molar refractivity (Wildman–Crippen MR) is 144 cm³/mol. The summed E-state index contributed by atoms with van der Waals surface area (Å²) in [4.78, 5) is 7.50. The lowest BCUT2D eigenvalue weighted by Gasteiger charge is -2.26. The summed E-state index contributed by atoms with van der Waals surface area (Å²) in [6.07, 6.45) is -1.03. The van der Waals surface area contributed by atoms with Crippen LogP contribution in [0.4, 0.5) is 33.6 Å². The Morgan fingerprint density at radius 1 is 0.976 bits per heavy atom. The quantitative estimate of drug-likeness (QED) is 0.208. The zero-order valence-electron chi connectivity index (χ0n) is 21.0. The molecule has 0 saturated heterocycles. The molecule has 216 valence electrons. The van der Waals surface area contributed by atoms with E-state index in [1.54, 1.807) is 4.72 Å². The monoisotopic (exact) mass is 612 g/mol. The van der Waals surface area contributed by atoms with Crippen molar-refractivity contribution in [2.24, 2.45) is 0 Å². The van der Waals surface area contributed by atoms with E-state index in [4.69, 9.17) is 11.6 Å². The maximum Gasteiger partial charge on any atom is 0.417 e. The lowest BCUT2D eigenvalue weighted by atomic mass is 9.93. The second-order valence-electron chi connectivity index (χ2n) is 9.64. The fraction of sp³-hybridized carbons (Fsp3) is 0.259. The van der Waals surface area contributed by atoms with Crippen LogP contribution in [0.15, 0.2) is 59.6 Å². The maximum absolute atomic E-state index is 15.6. The Balaban J connectivity index is 1.45. The molecule has 0 radical (unpaired) electrons. The Morgan fingerprint density at radius 3 is 2.41 bits per heavy atom. The third kappa shape index (κ3) is 6.21. The van der Waals surface area contributed by atoms with Gasteiger partial charge in [0.2, 0.25) is 5.95 Å². The number of nitrogens with one attached hydrogen (secondary N) is 2. The largest absolute Gasteiger partial charge is 0.417 e. The van der Waals surface area contributed by atoms with Crippen LogP contribution in [0, 0.1) is 11.6 Å². The molecule has 1 saturated carbocycles. The van der Waals surface area contributed by atoms with E-state index in [9.17, 15) is 31.1 Å². The van der Waals surface area contributed by atoms with Gasteiger partial charge in [0.1, 0.15) is 10.7 Å². The number of hydrogen-bond acceptors (Lipinski definition) is 6. The molecule has 0 spiro atoms. The summed E-state index contributed by atoms with van der Waals surface area (Å²) in [7, 11) is -5.00. The number of nitrogens with zero attached hydrogens (tertiary/aromatic N) is 2. The zero-order valence-corrected chi connectivity index (χ0v) is 22.6. The van der Waals surface area contributed by atoms with Gasteiger partial charge in [0.15, 0.2) is 5.82 Å². The van der Waals surface area contributed by atoms with Gasteiger partial charge in [0.25, 0.3) is 10.0 Å². The minimum Gasteiger partial charge on any atom is -0.393 e. The summed E-state index contributed by atoms with van der Waals surface area (Å²) in [6.45, 7) is 0. The van der Waals surface area contributed by atoms with Crippen molar-refractivity contribution >= 4 is 44.2 Å². The molecule has 3 aromatic carbocycles. The number of benzene rings is 3. The number of hydrogen-bond donors (Lipinski definition) is 3. The van der Waals surface area contributed by atoms with Gasteiger partial charge in [-0.25, -0.2) is 27.2 Å². The number of rotatable bonds is 6. The minimum atomic E-state index is -5.04. The Labute approximate surface area is 236 Å². The van der Waals surface area contributed by atoms with E-state index in [-0.39, 0.29) is 22.7 Å². The molecule has 41 heavy (non-hydrogen) atoms. The van der Waals surface area contributed by atoms with Crippen molar-refractivity contribution in [1.82, 2.24) is 9.97 Å².